The topological polar surface area (TPSA) is 77.7 Å². The number of sulfone groups is 1. The molecule has 0 unspecified atom stereocenters. The van der Waals surface area contributed by atoms with Crippen molar-refractivity contribution in [2.75, 3.05) is 5.75 Å². The molecule has 5 rings (SSSR count). The van der Waals surface area contributed by atoms with Crippen molar-refractivity contribution in [3.8, 4) is 11.5 Å². The second kappa shape index (κ2) is 7.67. The Kier molecular flexibility index (Phi) is 5.17. The van der Waals surface area contributed by atoms with Gasteiger partial charge in [0.2, 0.25) is 0 Å². The summed E-state index contributed by atoms with van der Waals surface area (Å²) in [6.07, 6.45) is -1.71. The molecule has 0 atom stereocenters. The van der Waals surface area contributed by atoms with Gasteiger partial charge in [-0.05, 0) is 36.5 Å². The maximum atomic E-state index is 13.9. The van der Waals surface area contributed by atoms with Crippen LogP contribution in [0.1, 0.15) is 36.8 Å². The Hall–Kier alpha value is -3.15. The highest BCUT2D eigenvalue weighted by molar-refractivity contribution is 7.91. The third-order valence-corrected chi connectivity index (χ3v) is 8.04. The number of benzene rings is 1. The van der Waals surface area contributed by atoms with Gasteiger partial charge in [0, 0.05) is 30.2 Å². The SMILES string of the molecule is CCS(=O)(=O)c1c(-c2nc3cc(C(F)(F)C(F)(F)F)cnc3n2C)ncc2cc(C3CC3)ccc12. The number of aromatic nitrogens is 4. The first-order chi connectivity index (χ1) is 16.3. The third-order valence-electron chi connectivity index (χ3n) is 6.25. The number of imidazole rings is 1. The zero-order valence-corrected chi connectivity index (χ0v) is 19.4. The van der Waals surface area contributed by atoms with E-state index >= 15 is 0 Å². The molecule has 6 nitrogen and oxygen atoms in total. The quantitative estimate of drug-likeness (QED) is 0.331. The summed E-state index contributed by atoms with van der Waals surface area (Å²) in [7, 11) is -2.37. The minimum absolute atomic E-state index is 0.00699. The van der Waals surface area contributed by atoms with E-state index in [1.807, 2.05) is 12.1 Å². The molecule has 0 amide bonds. The molecule has 1 aromatic carbocycles. The highest BCUT2D eigenvalue weighted by atomic mass is 32.2. The molecule has 0 bridgehead atoms. The van der Waals surface area contributed by atoms with Crippen molar-refractivity contribution in [3.05, 3.63) is 47.8 Å². The van der Waals surface area contributed by atoms with E-state index in [0.29, 0.717) is 29.0 Å². The molecule has 0 spiro atoms. The number of alkyl halides is 5. The normalized spacial score (nSPS) is 15.3. The van der Waals surface area contributed by atoms with E-state index in [4.69, 9.17) is 0 Å². The van der Waals surface area contributed by atoms with Crippen LogP contribution in [0.4, 0.5) is 22.0 Å². The van der Waals surface area contributed by atoms with Gasteiger partial charge in [0.15, 0.2) is 21.3 Å². The minimum Gasteiger partial charge on any atom is -0.310 e. The number of pyridine rings is 2. The van der Waals surface area contributed by atoms with Crippen molar-refractivity contribution in [2.45, 2.75) is 42.7 Å². The van der Waals surface area contributed by atoms with E-state index in [1.54, 1.807) is 6.07 Å². The molecular weight excluding hydrogens is 491 g/mol. The summed E-state index contributed by atoms with van der Waals surface area (Å²) in [5, 5.41) is 1.07. The van der Waals surface area contributed by atoms with Crippen molar-refractivity contribution >= 4 is 31.8 Å². The standard InChI is InChI=1S/C23H19F5N4O2S/c1-3-35(33,34)19-16-7-6-13(12-4-5-12)8-14(16)10-29-18(19)21-31-17-9-15(11-30-20(17)32(21)2)22(24,25)23(26,27)28/h6-12H,3-5H2,1-2H3. The highest BCUT2D eigenvalue weighted by Gasteiger charge is 2.59. The second-order valence-corrected chi connectivity index (χ2v) is 10.8. The summed E-state index contributed by atoms with van der Waals surface area (Å²) in [6, 6.07) is 6.11. The molecule has 1 saturated carbocycles. The highest BCUT2D eigenvalue weighted by Crippen LogP contribution is 2.45. The monoisotopic (exact) mass is 510 g/mol. The Bertz CT molecular complexity index is 1590. The lowest BCUT2D eigenvalue weighted by molar-refractivity contribution is -0.289. The van der Waals surface area contributed by atoms with Gasteiger partial charge in [-0.25, -0.2) is 18.4 Å². The summed E-state index contributed by atoms with van der Waals surface area (Å²) >= 11 is 0. The van der Waals surface area contributed by atoms with Gasteiger partial charge in [0.1, 0.15) is 16.1 Å². The Balaban J connectivity index is 1.74. The first-order valence-electron chi connectivity index (χ1n) is 10.8. The van der Waals surface area contributed by atoms with Crippen LogP contribution in [-0.4, -0.2) is 39.9 Å². The van der Waals surface area contributed by atoms with Gasteiger partial charge in [-0.2, -0.15) is 22.0 Å². The average molecular weight is 510 g/mol. The van der Waals surface area contributed by atoms with Crippen LogP contribution in [0, 0.1) is 0 Å². The molecule has 35 heavy (non-hydrogen) atoms. The smallest absolute Gasteiger partial charge is 0.310 e. The van der Waals surface area contributed by atoms with E-state index in [1.165, 1.54) is 24.7 Å². The largest absolute Gasteiger partial charge is 0.458 e. The van der Waals surface area contributed by atoms with Crippen LogP contribution in [0.25, 0.3) is 33.5 Å². The van der Waals surface area contributed by atoms with Crippen molar-refractivity contribution in [2.24, 2.45) is 7.05 Å². The fourth-order valence-corrected chi connectivity index (χ4v) is 5.38. The van der Waals surface area contributed by atoms with E-state index in [2.05, 4.69) is 15.0 Å². The number of hydrogen-bond donors (Lipinski definition) is 0. The average Bonchev–Trinajstić information content (AvgIpc) is 3.61. The molecule has 4 aromatic rings. The van der Waals surface area contributed by atoms with E-state index in [-0.39, 0.29) is 33.3 Å². The van der Waals surface area contributed by atoms with Crippen LogP contribution < -0.4 is 0 Å². The zero-order valence-electron chi connectivity index (χ0n) is 18.6. The lowest BCUT2D eigenvalue weighted by atomic mass is 10.0. The number of hydrogen-bond acceptors (Lipinski definition) is 5. The molecule has 1 fully saturated rings. The summed E-state index contributed by atoms with van der Waals surface area (Å²) < 4.78 is 93.9. The van der Waals surface area contributed by atoms with Gasteiger partial charge in [-0.3, -0.25) is 4.98 Å². The van der Waals surface area contributed by atoms with Crippen molar-refractivity contribution in [1.29, 1.82) is 0 Å². The number of fused-ring (bicyclic) bond motifs is 2. The van der Waals surface area contributed by atoms with Gasteiger partial charge < -0.3 is 4.57 Å². The van der Waals surface area contributed by atoms with E-state index in [0.717, 1.165) is 18.4 Å². The van der Waals surface area contributed by atoms with Crippen molar-refractivity contribution < 1.29 is 30.4 Å². The van der Waals surface area contributed by atoms with Crippen LogP contribution in [-0.2, 0) is 22.8 Å². The van der Waals surface area contributed by atoms with Gasteiger partial charge in [0.05, 0.1) is 11.3 Å². The Labute approximate surface area is 196 Å². The Morgan fingerprint density at radius 3 is 2.40 bits per heavy atom. The van der Waals surface area contributed by atoms with Crippen LogP contribution in [0.15, 0.2) is 41.6 Å². The van der Waals surface area contributed by atoms with Crippen LogP contribution in [0.2, 0.25) is 0 Å². The van der Waals surface area contributed by atoms with Gasteiger partial charge in [0.25, 0.3) is 0 Å². The van der Waals surface area contributed by atoms with Crippen LogP contribution in [0.5, 0.6) is 0 Å². The third kappa shape index (κ3) is 3.74. The predicted octanol–water partition coefficient (Wildman–Crippen LogP) is 5.51. The number of nitrogens with zero attached hydrogens (tertiary/aromatic N) is 4. The molecule has 1 aliphatic rings. The maximum absolute atomic E-state index is 13.9. The molecule has 3 aromatic heterocycles. The molecule has 0 aliphatic heterocycles. The summed E-state index contributed by atoms with van der Waals surface area (Å²) in [5.41, 5.74) is -0.523. The molecule has 0 N–H and O–H groups in total. The first kappa shape index (κ1) is 23.6. The molecule has 1 aliphatic carbocycles. The second-order valence-electron chi connectivity index (χ2n) is 8.59. The van der Waals surface area contributed by atoms with Crippen LogP contribution >= 0.6 is 0 Å². The summed E-state index contributed by atoms with van der Waals surface area (Å²) in [5.74, 6) is -4.92. The summed E-state index contributed by atoms with van der Waals surface area (Å²) in [4.78, 5) is 12.2. The zero-order chi connectivity index (χ0) is 25.3. The number of rotatable bonds is 5. The van der Waals surface area contributed by atoms with Gasteiger partial charge >= 0.3 is 12.1 Å². The summed E-state index contributed by atoms with van der Waals surface area (Å²) in [6.45, 7) is 1.48. The minimum atomic E-state index is -5.80. The molecule has 12 heteroatoms. The molecule has 184 valence electrons. The first-order valence-corrected chi connectivity index (χ1v) is 12.4. The molecule has 3 heterocycles. The Morgan fingerprint density at radius 1 is 1.06 bits per heavy atom. The van der Waals surface area contributed by atoms with Crippen LogP contribution in [0.3, 0.4) is 0 Å². The van der Waals surface area contributed by atoms with E-state index in [9.17, 15) is 30.4 Å². The van der Waals surface area contributed by atoms with E-state index < -0.39 is 27.5 Å². The molecule has 0 radical (unpaired) electrons. The lowest BCUT2D eigenvalue weighted by Gasteiger charge is -2.19. The predicted molar refractivity (Wildman–Crippen MR) is 119 cm³/mol. The molecule has 0 saturated heterocycles. The fourth-order valence-electron chi connectivity index (χ4n) is 4.13. The maximum Gasteiger partial charge on any atom is 0.458 e. The van der Waals surface area contributed by atoms with Crippen molar-refractivity contribution in [1.82, 2.24) is 19.5 Å². The van der Waals surface area contributed by atoms with Crippen molar-refractivity contribution in [3.63, 3.8) is 0 Å². The Morgan fingerprint density at radius 2 is 1.77 bits per heavy atom. The van der Waals surface area contributed by atoms with Gasteiger partial charge in [-0.1, -0.05) is 19.1 Å². The number of aryl methyl sites for hydroxylation is 1. The fraction of sp³-hybridized carbons (Fsp3) is 0.348. The number of halogens is 5. The lowest BCUT2D eigenvalue weighted by Crippen LogP contribution is -2.33. The molecular formula is C23H19F5N4O2S. The van der Waals surface area contributed by atoms with Gasteiger partial charge in [-0.15, -0.1) is 0 Å².